The predicted molar refractivity (Wildman–Crippen MR) is 146 cm³/mol. The zero-order valence-corrected chi connectivity index (χ0v) is 23.0. The molecule has 1 N–H and O–H groups in total. The van der Waals surface area contributed by atoms with Crippen molar-refractivity contribution in [1.82, 2.24) is 19.6 Å². The zero-order valence-electron chi connectivity index (χ0n) is 21.3. The number of thiazole rings is 1. The highest BCUT2D eigenvalue weighted by Gasteiger charge is 2.49. The van der Waals surface area contributed by atoms with E-state index in [1.807, 2.05) is 6.07 Å². The van der Waals surface area contributed by atoms with Gasteiger partial charge in [0.25, 0.3) is 0 Å². The van der Waals surface area contributed by atoms with E-state index in [1.165, 1.54) is 17.4 Å². The number of likely N-dealkylation sites (tertiary alicyclic amines) is 1. The Labute approximate surface area is 229 Å². The van der Waals surface area contributed by atoms with E-state index in [-0.39, 0.29) is 22.9 Å². The van der Waals surface area contributed by atoms with Crippen LogP contribution in [0.5, 0.6) is 5.88 Å². The van der Waals surface area contributed by atoms with Crippen molar-refractivity contribution in [3.05, 3.63) is 71.5 Å². The number of hydrogen-bond acceptors (Lipinski definition) is 8. The first-order valence-corrected chi connectivity index (χ1v) is 14.7. The Morgan fingerprint density at radius 2 is 1.97 bits per heavy atom. The maximum absolute atomic E-state index is 14.1. The number of pyridine rings is 1. The normalized spacial score (nSPS) is 18.7. The third-order valence-corrected chi connectivity index (χ3v) is 9.86. The molecule has 1 amide bonds. The van der Waals surface area contributed by atoms with E-state index in [1.54, 1.807) is 61.4 Å². The van der Waals surface area contributed by atoms with E-state index in [4.69, 9.17) is 9.72 Å². The van der Waals surface area contributed by atoms with E-state index in [9.17, 15) is 17.6 Å². The van der Waals surface area contributed by atoms with E-state index in [0.29, 0.717) is 31.9 Å². The Morgan fingerprint density at radius 3 is 2.72 bits per heavy atom. The zero-order chi connectivity index (χ0) is 27.4. The maximum Gasteiger partial charge on any atom is 0.240 e. The number of aromatic nitrogens is 2. The number of amides is 1. The largest absolute Gasteiger partial charge is 0.481 e. The molecule has 0 radical (unpaired) electrons. The molecular weight excluding hydrogens is 541 g/mol. The SMILES string of the molecule is COc1ccc2nc(N3CC4(CCN(C(C)=O)C4)c4cc(S(=O)(=O)NCc5ccccc5F)ccc43)sc2n1. The molecule has 9 nitrogen and oxygen atoms in total. The van der Waals surface area contributed by atoms with E-state index in [2.05, 4.69) is 14.6 Å². The van der Waals surface area contributed by atoms with Gasteiger partial charge in [-0.15, -0.1) is 0 Å². The van der Waals surface area contributed by atoms with E-state index in [0.717, 1.165) is 26.7 Å². The Hall–Kier alpha value is -3.61. The number of nitrogens with one attached hydrogen (secondary N) is 1. The number of carbonyl (C=O) groups excluding carboxylic acids is 1. The second-order valence-electron chi connectivity index (χ2n) is 9.83. The third-order valence-electron chi connectivity index (χ3n) is 7.47. The van der Waals surface area contributed by atoms with Gasteiger partial charge in [0.15, 0.2) is 5.13 Å². The molecule has 39 heavy (non-hydrogen) atoms. The molecule has 1 unspecified atom stereocenters. The van der Waals surface area contributed by atoms with Gasteiger partial charge >= 0.3 is 0 Å². The number of rotatable bonds is 6. The van der Waals surface area contributed by atoms with Gasteiger partial charge in [0.05, 0.1) is 12.0 Å². The van der Waals surface area contributed by atoms with E-state index >= 15 is 0 Å². The maximum atomic E-state index is 14.1. The molecule has 0 saturated carbocycles. The van der Waals surface area contributed by atoms with Crippen LogP contribution < -0.4 is 14.4 Å². The van der Waals surface area contributed by atoms with Crippen molar-refractivity contribution < 1.29 is 22.3 Å². The van der Waals surface area contributed by atoms with Crippen molar-refractivity contribution in [1.29, 1.82) is 0 Å². The Kier molecular flexibility index (Phi) is 6.28. The minimum Gasteiger partial charge on any atom is -0.481 e. The summed E-state index contributed by atoms with van der Waals surface area (Å²) in [6.07, 6.45) is 0.694. The van der Waals surface area contributed by atoms with Crippen LogP contribution >= 0.6 is 11.3 Å². The highest BCUT2D eigenvalue weighted by Crippen LogP contribution is 2.50. The predicted octanol–water partition coefficient (Wildman–Crippen LogP) is 3.96. The Morgan fingerprint density at radius 1 is 1.15 bits per heavy atom. The lowest BCUT2D eigenvalue weighted by molar-refractivity contribution is -0.127. The van der Waals surface area contributed by atoms with Gasteiger partial charge in [0, 0.05) is 55.8 Å². The molecule has 202 valence electrons. The van der Waals surface area contributed by atoms with Gasteiger partial charge in [-0.25, -0.2) is 27.5 Å². The molecule has 2 aromatic heterocycles. The van der Waals surface area contributed by atoms with Gasteiger partial charge in [-0.2, -0.15) is 0 Å². The number of nitrogens with zero attached hydrogens (tertiary/aromatic N) is 4. The highest BCUT2D eigenvalue weighted by atomic mass is 32.2. The summed E-state index contributed by atoms with van der Waals surface area (Å²) in [6, 6.07) is 14.7. The summed E-state index contributed by atoms with van der Waals surface area (Å²) in [4.78, 5) is 26.3. The molecule has 2 aromatic carbocycles. The fraction of sp³-hybridized carbons (Fsp3) is 0.296. The molecule has 2 aliphatic heterocycles. The smallest absolute Gasteiger partial charge is 0.240 e. The molecule has 6 rings (SSSR count). The Bertz CT molecular complexity index is 1710. The lowest BCUT2D eigenvalue weighted by atomic mass is 9.81. The van der Waals surface area contributed by atoms with Crippen LogP contribution in [0.2, 0.25) is 0 Å². The van der Waals surface area contributed by atoms with E-state index < -0.39 is 21.3 Å². The summed E-state index contributed by atoms with van der Waals surface area (Å²) in [5.74, 6) is 0.0158. The molecule has 1 atom stereocenters. The summed E-state index contributed by atoms with van der Waals surface area (Å²) >= 11 is 1.43. The van der Waals surface area contributed by atoms with Gasteiger partial charge in [-0.05, 0) is 42.3 Å². The van der Waals surface area contributed by atoms with Crippen LogP contribution in [0.15, 0.2) is 59.5 Å². The molecule has 1 spiro atoms. The van der Waals surface area contributed by atoms with Gasteiger partial charge in [0.2, 0.25) is 21.8 Å². The van der Waals surface area contributed by atoms with Crippen molar-refractivity contribution in [2.75, 3.05) is 31.6 Å². The summed E-state index contributed by atoms with van der Waals surface area (Å²) in [6.45, 7) is 3.00. The fourth-order valence-corrected chi connectivity index (χ4v) is 7.37. The van der Waals surface area contributed by atoms with Crippen LogP contribution in [0, 0.1) is 5.82 Å². The minimum atomic E-state index is -3.94. The number of benzene rings is 2. The summed E-state index contributed by atoms with van der Waals surface area (Å²) in [7, 11) is -2.37. The number of anilines is 2. The van der Waals surface area contributed by atoms with Crippen LogP contribution in [-0.2, 0) is 26.8 Å². The third kappa shape index (κ3) is 4.52. The molecule has 1 fully saturated rings. The molecule has 12 heteroatoms. The van der Waals surface area contributed by atoms with Crippen molar-refractivity contribution in [3.63, 3.8) is 0 Å². The molecular formula is C27H26FN5O4S2. The van der Waals surface area contributed by atoms with Gasteiger partial charge in [0.1, 0.15) is 16.2 Å². The van der Waals surface area contributed by atoms with Crippen molar-refractivity contribution in [2.45, 2.75) is 30.2 Å². The quantitative estimate of drug-likeness (QED) is 0.376. The first kappa shape index (κ1) is 25.7. The first-order chi connectivity index (χ1) is 18.7. The molecule has 1 saturated heterocycles. The number of fused-ring (bicyclic) bond motifs is 3. The molecule has 4 aromatic rings. The lowest BCUT2D eigenvalue weighted by Crippen LogP contribution is -2.36. The highest BCUT2D eigenvalue weighted by molar-refractivity contribution is 7.89. The van der Waals surface area contributed by atoms with Gasteiger partial charge in [-0.1, -0.05) is 29.5 Å². The van der Waals surface area contributed by atoms with Crippen LogP contribution in [0.3, 0.4) is 0 Å². The second-order valence-corrected chi connectivity index (χ2v) is 12.5. The van der Waals surface area contributed by atoms with Crippen LogP contribution in [0.25, 0.3) is 10.3 Å². The molecule has 4 heterocycles. The van der Waals surface area contributed by atoms with Gasteiger partial charge in [-0.3, -0.25) is 4.79 Å². The van der Waals surface area contributed by atoms with Crippen molar-refractivity contribution in [3.8, 4) is 5.88 Å². The summed E-state index contributed by atoms with van der Waals surface area (Å²) < 4.78 is 48.4. The monoisotopic (exact) mass is 567 g/mol. The minimum absolute atomic E-state index is 0.0153. The van der Waals surface area contributed by atoms with Crippen LogP contribution in [-0.4, -0.2) is 55.9 Å². The summed E-state index contributed by atoms with van der Waals surface area (Å²) in [5, 5.41) is 0.735. The average Bonchev–Trinajstić information content (AvgIpc) is 3.63. The Balaban J connectivity index is 1.38. The molecule has 0 bridgehead atoms. The number of hydrogen-bond donors (Lipinski definition) is 1. The number of carbonyl (C=O) groups is 1. The summed E-state index contributed by atoms with van der Waals surface area (Å²) in [5.41, 5.74) is 2.25. The van der Waals surface area contributed by atoms with Crippen molar-refractivity contribution in [2.24, 2.45) is 0 Å². The average molecular weight is 568 g/mol. The topological polar surface area (TPSA) is 105 Å². The van der Waals surface area contributed by atoms with Crippen LogP contribution in [0.4, 0.5) is 15.2 Å². The standard InChI is InChI=1S/C27H26FN5O4S2/c1-17(34)32-12-11-27(15-32)16-33(26-30-22-8-10-24(37-2)31-25(22)38-26)23-9-7-19(13-20(23)27)39(35,36)29-14-18-5-3-4-6-21(18)28/h3-10,13,29H,11-12,14-16H2,1-2H3. The van der Waals surface area contributed by atoms with Crippen LogP contribution in [0.1, 0.15) is 24.5 Å². The number of halogens is 1. The lowest BCUT2D eigenvalue weighted by Gasteiger charge is -2.25. The number of ether oxygens (including phenoxy) is 1. The molecule has 0 aliphatic carbocycles. The van der Waals surface area contributed by atoms with Gasteiger partial charge < -0.3 is 14.5 Å². The number of sulfonamides is 1. The second kappa shape index (κ2) is 9.54. The van der Waals surface area contributed by atoms with Crippen molar-refractivity contribution >= 4 is 48.4 Å². The number of methoxy groups -OCH3 is 1. The fourth-order valence-electron chi connectivity index (χ4n) is 5.39. The molecule has 2 aliphatic rings. The first-order valence-electron chi connectivity index (χ1n) is 12.4.